The van der Waals surface area contributed by atoms with Gasteiger partial charge < -0.3 is 10.1 Å². The highest BCUT2D eigenvalue weighted by atomic mass is 16.5. The SMILES string of the molecule is CC(C)OCCN1CCCC1C1CCNCC1. The zero-order chi connectivity index (χ0) is 12.1. The molecule has 0 bridgehead atoms. The van der Waals surface area contributed by atoms with Crippen LogP contribution in [-0.2, 0) is 4.74 Å². The largest absolute Gasteiger partial charge is 0.377 e. The van der Waals surface area contributed by atoms with Crippen molar-refractivity contribution in [3.05, 3.63) is 0 Å². The standard InChI is InChI=1S/C14H28N2O/c1-12(2)17-11-10-16-9-3-4-14(16)13-5-7-15-8-6-13/h12-15H,3-11H2,1-2H3. The minimum atomic E-state index is 0.370. The summed E-state index contributed by atoms with van der Waals surface area (Å²) < 4.78 is 5.69. The lowest BCUT2D eigenvalue weighted by Crippen LogP contribution is -2.42. The Morgan fingerprint density at radius 1 is 1.24 bits per heavy atom. The van der Waals surface area contributed by atoms with E-state index in [1.54, 1.807) is 0 Å². The van der Waals surface area contributed by atoms with Gasteiger partial charge in [-0.1, -0.05) is 0 Å². The van der Waals surface area contributed by atoms with Crippen LogP contribution in [0.4, 0.5) is 0 Å². The van der Waals surface area contributed by atoms with Gasteiger partial charge in [-0.15, -0.1) is 0 Å². The summed E-state index contributed by atoms with van der Waals surface area (Å²) in [7, 11) is 0. The Labute approximate surface area is 106 Å². The van der Waals surface area contributed by atoms with Gasteiger partial charge in [-0.25, -0.2) is 0 Å². The molecule has 2 rings (SSSR count). The fourth-order valence-corrected chi connectivity index (χ4v) is 3.30. The summed E-state index contributed by atoms with van der Waals surface area (Å²) in [4.78, 5) is 2.68. The molecule has 3 nitrogen and oxygen atoms in total. The third kappa shape index (κ3) is 3.94. The molecule has 0 aromatic rings. The second-order valence-corrected chi connectivity index (χ2v) is 5.75. The van der Waals surface area contributed by atoms with Crippen molar-refractivity contribution < 1.29 is 4.74 Å². The summed E-state index contributed by atoms with van der Waals surface area (Å²) in [5.41, 5.74) is 0. The van der Waals surface area contributed by atoms with Gasteiger partial charge in [0.2, 0.25) is 0 Å². The Morgan fingerprint density at radius 3 is 2.71 bits per heavy atom. The Morgan fingerprint density at radius 2 is 2.00 bits per heavy atom. The van der Waals surface area contributed by atoms with Crippen LogP contribution in [0.1, 0.15) is 39.5 Å². The van der Waals surface area contributed by atoms with Crippen molar-refractivity contribution in [3.63, 3.8) is 0 Å². The Balaban J connectivity index is 1.75. The molecule has 0 spiro atoms. The van der Waals surface area contributed by atoms with E-state index >= 15 is 0 Å². The third-order valence-electron chi connectivity index (χ3n) is 4.17. The van der Waals surface area contributed by atoms with E-state index in [-0.39, 0.29) is 0 Å². The zero-order valence-electron chi connectivity index (χ0n) is 11.5. The highest BCUT2D eigenvalue weighted by molar-refractivity contribution is 4.87. The van der Waals surface area contributed by atoms with E-state index in [4.69, 9.17) is 4.74 Å². The molecule has 3 heteroatoms. The highest BCUT2D eigenvalue weighted by Gasteiger charge is 2.31. The second kappa shape index (κ2) is 6.72. The lowest BCUT2D eigenvalue weighted by molar-refractivity contribution is 0.0478. The summed E-state index contributed by atoms with van der Waals surface area (Å²) in [6, 6.07) is 0.841. The minimum Gasteiger partial charge on any atom is -0.377 e. The molecule has 2 heterocycles. The topological polar surface area (TPSA) is 24.5 Å². The van der Waals surface area contributed by atoms with Crippen molar-refractivity contribution in [2.75, 3.05) is 32.8 Å². The molecule has 0 aromatic carbocycles. The van der Waals surface area contributed by atoms with Crippen molar-refractivity contribution in [1.29, 1.82) is 0 Å². The second-order valence-electron chi connectivity index (χ2n) is 5.75. The molecule has 100 valence electrons. The van der Waals surface area contributed by atoms with Crippen LogP contribution in [0, 0.1) is 5.92 Å². The molecule has 1 N–H and O–H groups in total. The van der Waals surface area contributed by atoms with E-state index < -0.39 is 0 Å². The quantitative estimate of drug-likeness (QED) is 0.794. The monoisotopic (exact) mass is 240 g/mol. The highest BCUT2D eigenvalue weighted by Crippen LogP contribution is 2.29. The summed E-state index contributed by atoms with van der Waals surface area (Å²) in [5.74, 6) is 0.929. The van der Waals surface area contributed by atoms with E-state index in [0.717, 1.165) is 25.1 Å². The number of piperidine rings is 1. The number of rotatable bonds is 5. The first-order chi connectivity index (χ1) is 8.27. The van der Waals surface area contributed by atoms with E-state index in [1.807, 2.05) is 0 Å². The maximum Gasteiger partial charge on any atom is 0.0597 e. The van der Waals surface area contributed by atoms with Crippen LogP contribution in [0.25, 0.3) is 0 Å². The van der Waals surface area contributed by atoms with Crippen LogP contribution >= 0.6 is 0 Å². The van der Waals surface area contributed by atoms with Crippen LogP contribution in [0.5, 0.6) is 0 Å². The number of nitrogens with zero attached hydrogens (tertiary/aromatic N) is 1. The van der Waals surface area contributed by atoms with Gasteiger partial charge in [0.25, 0.3) is 0 Å². The van der Waals surface area contributed by atoms with E-state index in [1.165, 1.54) is 45.3 Å². The van der Waals surface area contributed by atoms with Gasteiger partial charge in [-0.3, -0.25) is 4.90 Å². The van der Waals surface area contributed by atoms with Gasteiger partial charge in [0.1, 0.15) is 0 Å². The van der Waals surface area contributed by atoms with Crippen molar-refractivity contribution in [2.24, 2.45) is 5.92 Å². The van der Waals surface area contributed by atoms with Crippen LogP contribution in [0.3, 0.4) is 0 Å². The first-order valence-corrected chi connectivity index (χ1v) is 7.33. The molecule has 2 saturated heterocycles. The van der Waals surface area contributed by atoms with Crippen molar-refractivity contribution in [1.82, 2.24) is 10.2 Å². The van der Waals surface area contributed by atoms with Crippen molar-refractivity contribution in [3.8, 4) is 0 Å². The Bertz CT molecular complexity index is 214. The molecule has 1 atom stereocenters. The molecule has 0 radical (unpaired) electrons. The van der Waals surface area contributed by atoms with Crippen LogP contribution in [-0.4, -0.2) is 49.8 Å². The molecular formula is C14H28N2O. The minimum absolute atomic E-state index is 0.370. The molecule has 0 amide bonds. The van der Waals surface area contributed by atoms with Crippen molar-refractivity contribution in [2.45, 2.75) is 51.7 Å². The summed E-state index contributed by atoms with van der Waals surface area (Å²) in [6.45, 7) is 10.00. The van der Waals surface area contributed by atoms with E-state index in [9.17, 15) is 0 Å². The predicted octanol–water partition coefficient (Wildman–Crippen LogP) is 1.88. The molecule has 0 aliphatic carbocycles. The van der Waals surface area contributed by atoms with E-state index in [2.05, 4.69) is 24.1 Å². The fraction of sp³-hybridized carbons (Fsp3) is 1.00. The predicted molar refractivity (Wildman–Crippen MR) is 71.3 cm³/mol. The van der Waals surface area contributed by atoms with Gasteiger partial charge in [0.05, 0.1) is 12.7 Å². The van der Waals surface area contributed by atoms with Crippen LogP contribution < -0.4 is 5.32 Å². The van der Waals surface area contributed by atoms with Gasteiger partial charge in [-0.05, 0) is 65.1 Å². The average molecular weight is 240 g/mol. The molecule has 1 unspecified atom stereocenters. The molecule has 17 heavy (non-hydrogen) atoms. The lowest BCUT2D eigenvalue weighted by Gasteiger charge is -2.34. The maximum absolute atomic E-state index is 5.69. The Hall–Kier alpha value is -0.120. The average Bonchev–Trinajstić information content (AvgIpc) is 2.78. The van der Waals surface area contributed by atoms with Crippen molar-refractivity contribution >= 4 is 0 Å². The molecular weight excluding hydrogens is 212 g/mol. The van der Waals surface area contributed by atoms with Crippen LogP contribution in [0.2, 0.25) is 0 Å². The first-order valence-electron chi connectivity index (χ1n) is 7.33. The number of nitrogens with one attached hydrogen (secondary N) is 1. The van der Waals surface area contributed by atoms with Gasteiger partial charge in [0, 0.05) is 12.6 Å². The molecule has 2 aliphatic heterocycles. The number of hydrogen-bond acceptors (Lipinski definition) is 3. The summed E-state index contributed by atoms with van der Waals surface area (Å²) in [6.07, 6.45) is 5.90. The van der Waals surface area contributed by atoms with Gasteiger partial charge in [0.15, 0.2) is 0 Å². The Kier molecular flexibility index (Phi) is 5.26. The molecule has 2 fully saturated rings. The normalized spacial score (nSPS) is 28.1. The summed E-state index contributed by atoms with van der Waals surface area (Å²) >= 11 is 0. The number of ether oxygens (including phenoxy) is 1. The van der Waals surface area contributed by atoms with Crippen LogP contribution in [0.15, 0.2) is 0 Å². The smallest absolute Gasteiger partial charge is 0.0597 e. The number of hydrogen-bond donors (Lipinski definition) is 1. The molecule has 2 aliphatic rings. The zero-order valence-corrected chi connectivity index (χ0v) is 11.5. The number of likely N-dealkylation sites (tertiary alicyclic amines) is 1. The maximum atomic E-state index is 5.69. The first kappa shape index (κ1) is 13.3. The van der Waals surface area contributed by atoms with Gasteiger partial charge >= 0.3 is 0 Å². The molecule has 0 aromatic heterocycles. The fourth-order valence-electron chi connectivity index (χ4n) is 3.30. The summed E-state index contributed by atoms with van der Waals surface area (Å²) in [5, 5.41) is 3.47. The molecule has 0 saturated carbocycles. The van der Waals surface area contributed by atoms with Gasteiger partial charge in [-0.2, -0.15) is 0 Å². The lowest BCUT2D eigenvalue weighted by atomic mass is 9.89. The third-order valence-corrected chi connectivity index (χ3v) is 4.17. The van der Waals surface area contributed by atoms with E-state index in [0.29, 0.717) is 6.10 Å².